The predicted molar refractivity (Wildman–Crippen MR) is 55.9 cm³/mol. The molecule has 1 aromatic rings. The van der Waals surface area contributed by atoms with Crippen LogP contribution in [0.4, 0.5) is 4.39 Å². The number of allylic oxidation sites excluding steroid dienone is 1. The van der Waals surface area contributed by atoms with Gasteiger partial charge < -0.3 is 0 Å². The molecule has 0 heterocycles. The van der Waals surface area contributed by atoms with Crippen molar-refractivity contribution in [3.8, 4) is 0 Å². The Bertz CT molecular complexity index is 372. The Kier molecular flexibility index (Phi) is 3.84. The number of benzene rings is 1. The van der Waals surface area contributed by atoms with Crippen molar-refractivity contribution in [1.29, 1.82) is 0 Å². The van der Waals surface area contributed by atoms with Gasteiger partial charge in [0.2, 0.25) is 0 Å². The number of ketones is 1. The number of carbonyl (C=O) groups excluding carboxylic acids is 1. The summed E-state index contributed by atoms with van der Waals surface area (Å²) in [5, 5.41) is 0. The smallest absolute Gasteiger partial charge is 0.170 e. The number of halogens is 2. The van der Waals surface area contributed by atoms with E-state index in [0.717, 1.165) is 5.56 Å². The molecule has 0 bridgehead atoms. The van der Waals surface area contributed by atoms with Crippen molar-refractivity contribution in [3.05, 3.63) is 41.2 Å². The molecule has 0 saturated heterocycles. The van der Waals surface area contributed by atoms with Crippen LogP contribution in [0.2, 0.25) is 0 Å². The van der Waals surface area contributed by atoms with Crippen LogP contribution in [0, 0.1) is 12.7 Å². The number of alkyl halides is 1. The number of rotatable bonds is 3. The molecule has 0 aliphatic rings. The number of hydrogen-bond acceptors (Lipinski definition) is 1. The van der Waals surface area contributed by atoms with Gasteiger partial charge in [0.15, 0.2) is 5.78 Å². The van der Waals surface area contributed by atoms with E-state index < -0.39 is 0 Å². The van der Waals surface area contributed by atoms with Crippen molar-refractivity contribution in [2.45, 2.75) is 6.92 Å². The summed E-state index contributed by atoms with van der Waals surface area (Å²) in [5.41, 5.74) is 1.35. The van der Waals surface area contributed by atoms with Crippen LogP contribution in [0.1, 0.15) is 11.1 Å². The average Bonchev–Trinajstić information content (AvgIpc) is 2.19. The summed E-state index contributed by atoms with van der Waals surface area (Å²) in [6.45, 7) is 1.68. The third-order valence-electron chi connectivity index (χ3n) is 1.78. The first kappa shape index (κ1) is 10.9. The van der Waals surface area contributed by atoms with Gasteiger partial charge in [-0.05, 0) is 36.3 Å². The van der Waals surface area contributed by atoms with Crippen LogP contribution >= 0.6 is 11.6 Å². The third-order valence-corrected chi connectivity index (χ3v) is 2.04. The maximum absolute atomic E-state index is 12.9. The van der Waals surface area contributed by atoms with Crippen molar-refractivity contribution in [3.63, 3.8) is 0 Å². The summed E-state index contributed by atoms with van der Waals surface area (Å²) in [7, 11) is 0. The highest BCUT2D eigenvalue weighted by Gasteiger charge is 1.97. The van der Waals surface area contributed by atoms with Crippen LogP contribution in [0.5, 0.6) is 0 Å². The average molecular weight is 213 g/mol. The molecule has 0 spiro atoms. The van der Waals surface area contributed by atoms with Gasteiger partial charge in [0.25, 0.3) is 0 Å². The number of hydrogen-bond donors (Lipinski definition) is 0. The second-order valence-corrected chi connectivity index (χ2v) is 3.21. The van der Waals surface area contributed by atoms with Gasteiger partial charge in [0, 0.05) is 0 Å². The van der Waals surface area contributed by atoms with Crippen LogP contribution in [0.3, 0.4) is 0 Å². The zero-order valence-corrected chi connectivity index (χ0v) is 8.51. The van der Waals surface area contributed by atoms with Crippen molar-refractivity contribution in [2.24, 2.45) is 0 Å². The molecule has 0 aliphatic heterocycles. The van der Waals surface area contributed by atoms with Crippen LogP contribution in [-0.2, 0) is 4.79 Å². The van der Waals surface area contributed by atoms with E-state index in [9.17, 15) is 9.18 Å². The van der Waals surface area contributed by atoms with Gasteiger partial charge >= 0.3 is 0 Å². The molecular weight excluding hydrogens is 203 g/mol. The highest BCUT2D eigenvalue weighted by molar-refractivity contribution is 6.29. The van der Waals surface area contributed by atoms with E-state index in [1.807, 2.05) is 0 Å². The fraction of sp³-hybridized carbons (Fsp3) is 0.182. The standard InChI is InChI=1S/C11H10ClFO/c1-8-6-9(3-5-11(8)13)2-4-10(14)7-12/h2-6H,7H2,1H3. The number of aryl methyl sites for hydroxylation is 1. The van der Waals surface area contributed by atoms with Gasteiger partial charge in [-0.25, -0.2) is 4.39 Å². The molecule has 0 atom stereocenters. The molecule has 0 aromatic heterocycles. The van der Waals surface area contributed by atoms with Crippen molar-refractivity contribution in [2.75, 3.05) is 5.88 Å². The Morgan fingerprint density at radius 1 is 1.57 bits per heavy atom. The van der Waals surface area contributed by atoms with Gasteiger partial charge in [-0.1, -0.05) is 12.1 Å². The minimum Gasteiger partial charge on any atom is -0.294 e. The lowest BCUT2D eigenvalue weighted by Crippen LogP contribution is -1.92. The lowest BCUT2D eigenvalue weighted by molar-refractivity contribution is -0.112. The Morgan fingerprint density at radius 3 is 2.86 bits per heavy atom. The summed E-state index contributed by atoms with van der Waals surface area (Å²) >= 11 is 5.31. The topological polar surface area (TPSA) is 17.1 Å². The van der Waals surface area contributed by atoms with Crippen LogP contribution in [0.15, 0.2) is 24.3 Å². The van der Waals surface area contributed by atoms with Gasteiger partial charge in [-0.2, -0.15) is 0 Å². The van der Waals surface area contributed by atoms with E-state index in [1.165, 1.54) is 12.1 Å². The minimum absolute atomic E-state index is 0.0311. The summed E-state index contributed by atoms with van der Waals surface area (Å²) in [6, 6.07) is 4.66. The minimum atomic E-state index is -0.245. The molecule has 0 saturated carbocycles. The van der Waals surface area contributed by atoms with E-state index in [0.29, 0.717) is 5.56 Å². The Morgan fingerprint density at radius 2 is 2.29 bits per heavy atom. The highest BCUT2D eigenvalue weighted by atomic mass is 35.5. The van der Waals surface area contributed by atoms with Gasteiger partial charge in [-0.3, -0.25) is 4.79 Å². The SMILES string of the molecule is Cc1cc(C=CC(=O)CCl)ccc1F. The molecule has 0 radical (unpaired) electrons. The van der Waals surface area contributed by atoms with Crippen molar-refractivity contribution >= 4 is 23.5 Å². The van der Waals surface area contributed by atoms with Gasteiger partial charge in [-0.15, -0.1) is 11.6 Å². The van der Waals surface area contributed by atoms with E-state index >= 15 is 0 Å². The zero-order valence-electron chi connectivity index (χ0n) is 7.76. The van der Waals surface area contributed by atoms with Crippen molar-refractivity contribution in [1.82, 2.24) is 0 Å². The van der Waals surface area contributed by atoms with Crippen LogP contribution < -0.4 is 0 Å². The summed E-state index contributed by atoms with van der Waals surface area (Å²) in [5.74, 6) is -0.434. The van der Waals surface area contributed by atoms with E-state index in [1.54, 1.807) is 25.1 Å². The molecule has 0 aliphatic carbocycles. The molecule has 0 amide bonds. The maximum atomic E-state index is 12.9. The Balaban J connectivity index is 2.83. The lowest BCUT2D eigenvalue weighted by Gasteiger charge is -1.97. The Labute approximate surface area is 87.2 Å². The first-order valence-electron chi connectivity index (χ1n) is 4.16. The molecule has 74 valence electrons. The first-order valence-corrected chi connectivity index (χ1v) is 4.70. The van der Waals surface area contributed by atoms with Gasteiger partial charge in [0.05, 0.1) is 5.88 Å². The molecule has 1 aromatic carbocycles. The fourth-order valence-corrected chi connectivity index (χ4v) is 1.09. The monoisotopic (exact) mass is 212 g/mol. The largest absolute Gasteiger partial charge is 0.294 e. The number of carbonyl (C=O) groups is 1. The van der Waals surface area contributed by atoms with Crippen LogP contribution in [-0.4, -0.2) is 11.7 Å². The fourth-order valence-electron chi connectivity index (χ4n) is 1.01. The maximum Gasteiger partial charge on any atom is 0.170 e. The molecule has 0 N–H and O–H groups in total. The molecule has 3 heteroatoms. The summed E-state index contributed by atoms with van der Waals surface area (Å²) in [6.07, 6.45) is 3.01. The molecule has 0 fully saturated rings. The van der Waals surface area contributed by atoms with Crippen LogP contribution in [0.25, 0.3) is 6.08 Å². The second-order valence-electron chi connectivity index (χ2n) is 2.94. The zero-order chi connectivity index (χ0) is 10.6. The first-order chi connectivity index (χ1) is 6.63. The van der Waals surface area contributed by atoms with Crippen molar-refractivity contribution < 1.29 is 9.18 Å². The molecule has 1 nitrogen and oxygen atoms in total. The third kappa shape index (κ3) is 2.96. The van der Waals surface area contributed by atoms with E-state index in [-0.39, 0.29) is 17.5 Å². The highest BCUT2D eigenvalue weighted by Crippen LogP contribution is 2.10. The normalized spacial score (nSPS) is 10.8. The van der Waals surface area contributed by atoms with E-state index in [2.05, 4.69) is 0 Å². The molecule has 0 unspecified atom stereocenters. The summed E-state index contributed by atoms with van der Waals surface area (Å²) < 4.78 is 12.9. The molecule has 14 heavy (non-hydrogen) atoms. The second kappa shape index (κ2) is 4.91. The quantitative estimate of drug-likeness (QED) is 0.556. The summed E-state index contributed by atoms with van der Waals surface area (Å²) in [4.78, 5) is 10.8. The lowest BCUT2D eigenvalue weighted by atomic mass is 10.1. The van der Waals surface area contributed by atoms with Gasteiger partial charge in [0.1, 0.15) is 5.82 Å². The Hall–Kier alpha value is -1.15. The molecular formula is C11H10ClFO. The predicted octanol–water partition coefficient (Wildman–Crippen LogP) is 2.96. The molecule has 1 rings (SSSR count). The van der Waals surface area contributed by atoms with E-state index in [4.69, 9.17) is 11.6 Å².